The van der Waals surface area contributed by atoms with E-state index in [2.05, 4.69) is 52.2 Å². The van der Waals surface area contributed by atoms with E-state index in [1.165, 1.54) is 5.56 Å². The molecule has 3 aromatic rings. The summed E-state index contributed by atoms with van der Waals surface area (Å²) in [7, 11) is 3.46. The third-order valence-corrected chi connectivity index (χ3v) is 4.99. The molecule has 0 amide bonds. The van der Waals surface area contributed by atoms with Crippen LogP contribution in [0.5, 0.6) is 5.75 Å². The molecule has 0 aliphatic rings. The van der Waals surface area contributed by atoms with Crippen molar-refractivity contribution in [1.82, 2.24) is 15.6 Å². The minimum Gasteiger partial charge on any atom is -0.496 e. The Morgan fingerprint density at radius 2 is 1.86 bits per heavy atom. The van der Waals surface area contributed by atoms with Gasteiger partial charge in [0.05, 0.1) is 19.3 Å². The van der Waals surface area contributed by atoms with Crippen molar-refractivity contribution in [2.45, 2.75) is 20.0 Å². The summed E-state index contributed by atoms with van der Waals surface area (Å²) in [5.74, 6) is 1.61. The van der Waals surface area contributed by atoms with Crippen LogP contribution in [0, 0.1) is 6.92 Å². The second-order valence-electron chi connectivity index (χ2n) is 6.09. The van der Waals surface area contributed by atoms with Gasteiger partial charge in [0.2, 0.25) is 0 Å². The van der Waals surface area contributed by atoms with Gasteiger partial charge in [-0.15, -0.1) is 35.3 Å². The molecule has 28 heavy (non-hydrogen) atoms. The summed E-state index contributed by atoms with van der Waals surface area (Å²) < 4.78 is 5.46. The first-order valence-electron chi connectivity index (χ1n) is 8.77. The Hall–Kier alpha value is -2.13. The highest BCUT2D eigenvalue weighted by Gasteiger charge is 2.07. The van der Waals surface area contributed by atoms with E-state index < -0.39 is 0 Å². The molecule has 0 saturated carbocycles. The molecule has 0 spiro atoms. The molecular formula is C21H25IN4OS. The number of aromatic nitrogens is 1. The molecule has 3 rings (SSSR count). The Bertz CT molecular complexity index is 912. The van der Waals surface area contributed by atoms with Crippen LogP contribution < -0.4 is 15.4 Å². The third kappa shape index (κ3) is 5.93. The largest absolute Gasteiger partial charge is 0.496 e. The third-order valence-electron chi connectivity index (χ3n) is 4.14. The van der Waals surface area contributed by atoms with Crippen molar-refractivity contribution < 1.29 is 4.74 Å². The highest BCUT2D eigenvalue weighted by atomic mass is 127. The molecule has 5 nitrogen and oxygen atoms in total. The lowest BCUT2D eigenvalue weighted by molar-refractivity contribution is 0.408. The van der Waals surface area contributed by atoms with Crippen molar-refractivity contribution in [2.75, 3.05) is 14.2 Å². The van der Waals surface area contributed by atoms with Crippen molar-refractivity contribution in [2.24, 2.45) is 4.99 Å². The van der Waals surface area contributed by atoms with E-state index in [-0.39, 0.29) is 24.0 Å². The van der Waals surface area contributed by atoms with E-state index in [1.54, 1.807) is 25.5 Å². The number of hydrogen-bond acceptors (Lipinski definition) is 4. The number of hydrogen-bond donors (Lipinski definition) is 2. The summed E-state index contributed by atoms with van der Waals surface area (Å²) in [4.78, 5) is 8.98. The van der Waals surface area contributed by atoms with Crippen molar-refractivity contribution in [3.63, 3.8) is 0 Å². The van der Waals surface area contributed by atoms with Gasteiger partial charge in [-0.05, 0) is 18.6 Å². The summed E-state index contributed by atoms with van der Waals surface area (Å²) in [5.41, 5.74) is 4.40. The van der Waals surface area contributed by atoms with Crippen LogP contribution in [-0.2, 0) is 13.1 Å². The van der Waals surface area contributed by atoms with Gasteiger partial charge in [0.25, 0.3) is 0 Å². The summed E-state index contributed by atoms with van der Waals surface area (Å²) in [6.45, 7) is 3.32. The van der Waals surface area contributed by atoms with Gasteiger partial charge in [0.15, 0.2) is 5.96 Å². The molecule has 1 heterocycles. The lowest BCUT2D eigenvalue weighted by Crippen LogP contribution is -2.36. The lowest BCUT2D eigenvalue weighted by atomic mass is 10.1. The van der Waals surface area contributed by atoms with Crippen LogP contribution >= 0.6 is 35.3 Å². The Balaban J connectivity index is 0.00000280. The van der Waals surface area contributed by atoms with E-state index >= 15 is 0 Å². The maximum Gasteiger partial charge on any atom is 0.191 e. The average molecular weight is 508 g/mol. The number of aryl methyl sites for hydroxylation is 1. The predicted octanol–water partition coefficient (Wildman–Crippen LogP) is 4.61. The normalized spacial score (nSPS) is 10.9. The highest BCUT2D eigenvalue weighted by Crippen LogP contribution is 2.21. The molecule has 2 aromatic carbocycles. The molecule has 0 atom stereocenters. The minimum atomic E-state index is 0. The second-order valence-corrected chi connectivity index (χ2v) is 7.03. The summed E-state index contributed by atoms with van der Waals surface area (Å²) >= 11 is 1.64. The fourth-order valence-corrected chi connectivity index (χ4v) is 3.43. The maximum atomic E-state index is 5.46. The zero-order valence-corrected chi connectivity index (χ0v) is 19.4. The van der Waals surface area contributed by atoms with Gasteiger partial charge in [-0.25, -0.2) is 4.98 Å². The number of thiazole rings is 1. The van der Waals surface area contributed by atoms with Crippen LogP contribution in [0.25, 0.3) is 11.3 Å². The number of ether oxygens (including phenoxy) is 1. The second kappa shape index (κ2) is 11.0. The van der Waals surface area contributed by atoms with Crippen LogP contribution in [0.3, 0.4) is 0 Å². The van der Waals surface area contributed by atoms with E-state index in [4.69, 9.17) is 9.72 Å². The fourth-order valence-electron chi connectivity index (χ4n) is 2.69. The fraction of sp³-hybridized carbons (Fsp3) is 0.238. The number of nitrogens with one attached hydrogen (secondary N) is 2. The first kappa shape index (κ1) is 22.2. The minimum absolute atomic E-state index is 0. The molecular weight excluding hydrogens is 483 g/mol. The molecule has 1 aromatic heterocycles. The number of nitrogens with zero attached hydrogens (tertiary/aromatic N) is 2. The smallest absolute Gasteiger partial charge is 0.191 e. The van der Waals surface area contributed by atoms with Gasteiger partial charge in [0, 0.05) is 30.1 Å². The van der Waals surface area contributed by atoms with Crippen molar-refractivity contribution in [3.8, 4) is 17.0 Å². The summed E-state index contributed by atoms with van der Waals surface area (Å²) in [6.07, 6.45) is 0. The molecule has 148 valence electrons. The topological polar surface area (TPSA) is 58.5 Å². The summed E-state index contributed by atoms with van der Waals surface area (Å²) in [6, 6.07) is 16.4. The van der Waals surface area contributed by atoms with Crippen LogP contribution in [0.4, 0.5) is 0 Å². The zero-order valence-electron chi connectivity index (χ0n) is 16.2. The average Bonchev–Trinajstić information content (AvgIpc) is 3.18. The van der Waals surface area contributed by atoms with Gasteiger partial charge in [0.1, 0.15) is 10.8 Å². The number of benzene rings is 2. The SMILES string of the molecule is CN=C(NCc1nc(-c2ccccc2)cs1)NCc1ccc(C)cc1OC.I. The van der Waals surface area contributed by atoms with Gasteiger partial charge in [-0.2, -0.15) is 0 Å². The van der Waals surface area contributed by atoms with E-state index in [9.17, 15) is 0 Å². The quantitative estimate of drug-likeness (QED) is 0.290. The van der Waals surface area contributed by atoms with Crippen LogP contribution in [0.2, 0.25) is 0 Å². The maximum absolute atomic E-state index is 5.46. The molecule has 2 N–H and O–H groups in total. The van der Waals surface area contributed by atoms with E-state index in [1.807, 2.05) is 24.3 Å². The van der Waals surface area contributed by atoms with Gasteiger partial charge < -0.3 is 15.4 Å². The Morgan fingerprint density at radius 1 is 1.11 bits per heavy atom. The van der Waals surface area contributed by atoms with Crippen molar-refractivity contribution >= 4 is 41.3 Å². The first-order valence-corrected chi connectivity index (χ1v) is 9.65. The summed E-state index contributed by atoms with van der Waals surface area (Å²) in [5, 5.41) is 9.74. The van der Waals surface area contributed by atoms with E-state index in [0.29, 0.717) is 13.1 Å². The Kier molecular flexibility index (Phi) is 8.72. The van der Waals surface area contributed by atoms with Crippen molar-refractivity contribution in [1.29, 1.82) is 0 Å². The predicted molar refractivity (Wildman–Crippen MR) is 128 cm³/mol. The van der Waals surface area contributed by atoms with Crippen LogP contribution in [0.1, 0.15) is 16.1 Å². The van der Waals surface area contributed by atoms with Crippen LogP contribution in [-0.4, -0.2) is 25.1 Å². The van der Waals surface area contributed by atoms with E-state index in [0.717, 1.165) is 33.5 Å². The zero-order chi connectivity index (χ0) is 19.1. The van der Waals surface area contributed by atoms with Crippen LogP contribution in [0.15, 0.2) is 58.9 Å². The number of aliphatic imine (C=N–C) groups is 1. The molecule has 7 heteroatoms. The van der Waals surface area contributed by atoms with Gasteiger partial charge in [-0.1, -0.05) is 42.5 Å². The molecule has 0 aliphatic heterocycles. The van der Waals surface area contributed by atoms with Crippen molar-refractivity contribution in [3.05, 3.63) is 70.0 Å². The molecule has 0 saturated heterocycles. The lowest BCUT2D eigenvalue weighted by Gasteiger charge is -2.13. The number of methoxy groups -OCH3 is 1. The molecule has 0 aliphatic carbocycles. The molecule has 0 bridgehead atoms. The number of halogens is 1. The van der Waals surface area contributed by atoms with Gasteiger partial charge >= 0.3 is 0 Å². The highest BCUT2D eigenvalue weighted by molar-refractivity contribution is 14.0. The molecule has 0 fully saturated rings. The Morgan fingerprint density at radius 3 is 2.57 bits per heavy atom. The standard InChI is InChI=1S/C21H24N4OS.HI/c1-15-9-10-17(19(11-15)26-3)12-23-21(22-2)24-13-20-25-18(14-27-20)16-7-5-4-6-8-16;/h4-11,14H,12-13H2,1-3H3,(H2,22,23,24);1H. The number of rotatable bonds is 6. The first-order chi connectivity index (χ1) is 13.2. The molecule has 0 radical (unpaired) electrons. The molecule has 0 unspecified atom stereocenters. The Labute approximate surface area is 187 Å². The van der Waals surface area contributed by atoms with Gasteiger partial charge in [-0.3, -0.25) is 4.99 Å². The monoisotopic (exact) mass is 508 g/mol. The number of guanidine groups is 1.